The fourth-order valence-corrected chi connectivity index (χ4v) is 2.11. The Balaban J connectivity index is 0. The average Bonchev–Trinajstić information content (AvgIpc) is 2.01. The molecule has 1 atom stereocenters. The summed E-state index contributed by atoms with van der Waals surface area (Å²) >= 11 is 0. The summed E-state index contributed by atoms with van der Waals surface area (Å²) in [5.74, 6) is 0. The Hall–Kier alpha value is 1.30. The van der Waals surface area contributed by atoms with Gasteiger partial charge in [0.1, 0.15) is 20.2 Å². The molecule has 1 aliphatic rings. The third-order valence-electron chi connectivity index (χ3n) is 2.17. The van der Waals surface area contributed by atoms with E-state index in [4.69, 9.17) is 0 Å². The van der Waals surface area contributed by atoms with E-state index in [0.29, 0.717) is 0 Å². The average molecular weight is 298 g/mol. The maximum Gasteiger partial charge on any atom is 1.00 e. The zero-order valence-electron chi connectivity index (χ0n) is 9.71. The molecule has 86 valence electrons. The van der Waals surface area contributed by atoms with Crippen LogP contribution in [0, 0.1) is 0 Å². The van der Waals surface area contributed by atoms with Crippen LogP contribution in [0.2, 0.25) is 0 Å². The normalized spacial score (nSPS) is 24.3. The van der Waals surface area contributed by atoms with Gasteiger partial charge in [-0.3, -0.25) is 0 Å². The van der Waals surface area contributed by atoms with Gasteiger partial charge in [-0.05, 0) is 19.4 Å². The second-order valence-electron chi connectivity index (χ2n) is 3.36. The van der Waals surface area contributed by atoms with Gasteiger partial charge in [-0.25, -0.2) is 16.8 Å². The summed E-state index contributed by atoms with van der Waals surface area (Å²) in [6.07, 6.45) is 2.41. The molecule has 6 nitrogen and oxygen atoms in total. The van der Waals surface area contributed by atoms with Crippen molar-refractivity contribution >= 4 is 20.2 Å². The quantitative estimate of drug-likeness (QED) is 0.370. The van der Waals surface area contributed by atoms with E-state index < -0.39 is 29.9 Å². The third-order valence-corrected chi connectivity index (χ3v) is 4.49. The van der Waals surface area contributed by atoms with E-state index in [1.807, 2.05) is 0 Å². The molecule has 0 amide bonds. The maximum absolute atomic E-state index is 10.8. The number of hydrogen-bond acceptors (Lipinski definition) is 6. The minimum Gasteiger partial charge on any atom is -0.747 e. The molecule has 1 rings (SSSR count). The molecule has 0 fully saturated rings. The smallest absolute Gasteiger partial charge is 0.747 e. The van der Waals surface area contributed by atoms with Crippen molar-refractivity contribution < 1.29 is 85.1 Å². The fourth-order valence-electron chi connectivity index (χ4n) is 1.07. The SMILES string of the molecule is CC1(S(=O)(=O)[O-])C=CC(S(=O)(=O)[O-])=CC1.[Na+].[Na+]. The molecule has 0 saturated carbocycles. The van der Waals surface area contributed by atoms with Crippen LogP contribution < -0.4 is 59.1 Å². The zero-order valence-corrected chi connectivity index (χ0v) is 15.3. The molecule has 0 aliphatic heterocycles. The van der Waals surface area contributed by atoms with Gasteiger partial charge in [0.25, 0.3) is 0 Å². The molecular formula is C7H8Na2O6S2. The molecular weight excluding hydrogens is 290 g/mol. The van der Waals surface area contributed by atoms with Crippen molar-refractivity contribution in [3.8, 4) is 0 Å². The van der Waals surface area contributed by atoms with E-state index >= 15 is 0 Å². The van der Waals surface area contributed by atoms with Crippen molar-refractivity contribution in [1.29, 1.82) is 0 Å². The summed E-state index contributed by atoms with van der Waals surface area (Å²) in [4.78, 5) is -0.511. The molecule has 0 bridgehead atoms. The molecule has 0 saturated heterocycles. The van der Waals surface area contributed by atoms with Crippen molar-refractivity contribution in [1.82, 2.24) is 0 Å². The number of allylic oxidation sites excluding steroid dienone is 2. The summed E-state index contributed by atoms with van der Waals surface area (Å²) in [6, 6.07) is 0. The number of hydrogen-bond donors (Lipinski definition) is 0. The predicted octanol–water partition coefficient (Wildman–Crippen LogP) is -6.31. The van der Waals surface area contributed by atoms with Crippen LogP contribution in [0.3, 0.4) is 0 Å². The molecule has 0 N–H and O–H groups in total. The van der Waals surface area contributed by atoms with Crippen LogP contribution in [0.5, 0.6) is 0 Å². The van der Waals surface area contributed by atoms with Gasteiger partial charge in [-0.2, -0.15) is 0 Å². The summed E-state index contributed by atoms with van der Waals surface area (Å²) < 4.78 is 62.4. The van der Waals surface area contributed by atoms with E-state index in [1.165, 1.54) is 0 Å². The topological polar surface area (TPSA) is 114 Å². The molecule has 0 heterocycles. The second-order valence-corrected chi connectivity index (χ2v) is 6.59. The van der Waals surface area contributed by atoms with Crippen LogP contribution in [0.4, 0.5) is 0 Å². The van der Waals surface area contributed by atoms with Gasteiger partial charge in [0.15, 0.2) is 0 Å². The molecule has 0 radical (unpaired) electrons. The summed E-state index contributed by atoms with van der Waals surface area (Å²) in [5, 5.41) is 0. The Kier molecular flexibility index (Phi) is 8.06. The Bertz CT molecular complexity index is 533. The minimum absolute atomic E-state index is 0. The standard InChI is InChI=1S/C7H10O6S2.2Na/c1-7(15(11,12)13)4-2-6(3-5-7)14(8,9)10;;/h2-4H,5H2,1H3,(H,8,9,10)(H,11,12,13);;/q;2*+1/p-2. The van der Waals surface area contributed by atoms with Gasteiger partial charge < -0.3 is 9.11 Å². The molecule has 0 spiro atoms. The Morgan fingerprint density at radius 1 is 1.18 bits per heavy atom. The first-order chi connectivity index (χ1) is 6.56. The van der Waals surface area contributed by atoms with E-state index in [0.717, 1.165) is 25.2 Å². The third kappa shape index (κ3) is 5.06. The number of rotatable bonds is 2. The molecule has 17 heavy (non-hydrogen) atoms. The van der Waals surface area contributed by atoms with Crippen LogP contribution >= 0.6 is 0 Å². The first-order valence-corrected chi connectivity index (χ1v) is 6.69. The second kappa shape index (κ2) is 6.65. The van der Waals surface area contributed by atoms with E-state index in [9.17, 15) is 25.9 Å². The first kappa shape index (κ1) is 20.6. The Morgan fingerprint density at radius 3 is 1.88 bits per heavy atom. The van der Waals surface area contributed by atoms with E-state index in [1.54, 1.807) is 0 Å². The Morgan fingerprint density at radius 2 is 1.65 bits per heavy atom. The van der Waals surface area contributed by atoms with Crippen LogP contribution in [-0.2, 0) is 20.2 Å². The summed E-state index contributed by atoms with van der Waals surface area (Å²) in [7, 11) is -9.17. The van der Waals surface area contributed by atoms with E-state index in [-0.39, 0.29) is 65.5 Å². The van der Waals surface area contributed by atoms with Gasteiger partial charge in [-0.15, -0.1) is 0 Å². The van der Waals surface area contributed by atoms with Crippen LogP contribution in [0.25, 0.3) is 0 Å². The zero-order chi connectivity index (χ0) is 11.9. The predicted molar refractivity (Wildman–Crippen MR) is 49.6 cm³/mol. The van der Waals surface area contributed by atoms with Gasteiger partial charge in [0.05, 0.1) is 9.65 Å². The molecule has 0 aromatic rings. The summed E-state index contributed by atoms with van der Waals surface area (Å²) in [5.41, 5.74) is 0. The van der Waals surface area contributed by atoms with E-state index in [2.05, 4.69) is 0 Å². The van der Waals surface area contributed by atoms with Crippen molar-refractivity contribution in [2.24, 2.45) is 0 Å². The van der Waals surface area contributed by atoms with Gasteiger partial charge in [0.2, 0.25) is 0 Å². The Labute approximate surface area is 145 Å². The van der Waals surface area contributed by atoms with Crippen molar-refractivity contribution in [3.63, 3.8) is 0 Å². The summed E-state index contributed by atoms with van der Waals surface area (Å²) in [6.45, 7) is 1.16. The van der Waals surface area contributed by atoms with Gasteiger partial charge >= 0.3 is 59.1 Å². The van der Waals surface area contributed by atoms with Crippen LogP contribution in [0.1, 0.15) is 13.3 Å². The van der Waals surface area contributed by atoms with Crippen molar-refractivity contribution in [2.45, 2.75) is 18.1 Å². The molecule has 10 heteroatoms. The van der Waals surface area contributed by atoms with Crippen LogP contribution in [0.15, 0.2) is 23.1 Å². The minimum atomic E-state index is -4.59. The molecule has 0 aromatic heterocycles. The largest absolute Gasteiger partial charge is 1.00 e. The van der Waals surface area contributed by atoms with Gasteiger partial charge in [0, 0.05) is 0 Å². The monoisotopic (exact) mass is 298 g/mol. The first-order valence-electron chi connectivity index (χ1n) is 3.87. The molecule has 1 aliphatic carbocycles. The van der Waals surface area contributed by atoms with Crippen molar-refractivity contribution in [2.75, 3.05) is 0 Å². The van der Waals surface area contributed by atoms with Crippen molar-refractivity contribution in [3.05, 3.63) is 23.1 Å². The van der Waals surface area contributed by atoms with Gasteiger partial charge in [-0.1, -0.05) is 12.2 Å². The fraction of sp³-hybridized carbons (Fsp3) is 0.429. The molecule has 0 aromatic carbocycles. The molecule has 1 unspecified atom stereocenters. The van der Waals surface area contributed by atoms with Crippen LogP contribution in [-0.4, -0.2) is 30.7 Å². The maximum atomic E-state index is 10.8.